The number of nitrogens with zero attached hydrogens (tertiary/aromatic N) is 1. The molecule has 1 nitrogen and oxygen atoms in total. The van der Waals surface area contributed by atoms with Crippen LogP contribution in [-0.4, -0.2) is 29.9 Å². The van der Waals surface area contributed by atoms with E-state index in [0.29, 0.717) is 0 Å². The van der Waals surface area contributed by atoms with Crippen molar-refractivity contribution < 1.29 is 0 Å². The number of hydrogen-bond acceptors (Lipinski definition) is 1. The Labute approximate surface area is 98.4 Å². The molecule has 14 heavy (non-hydrogen) atoms. The van der Waals surface area contributed by atoms with Gasteiger partial charge in [-0.15, -0.1) is 0 Å². The molecule has 0 bridgehead atoms. The molecular weight excluding hydrogens is 238 g/mol. The molecule has 0 heterocycles. The Hall–Kier alpha value is 0.440. The zero-order valence-electron chi connectivity index (χ0n) is 10.2. The Balaban J connectivity index is 3.46. The zero-order valence-corrected chi connectivity index (χ0v) is 11.8. The maximum absolute atomic E-state index is 3.46. The summed E-state index contributed by atoms with van der Waals surface area (Å²) in [6.07, 6.45) is 5.32. The van der Waals surface area contributed by atoms with E-state index in [1.165, 1.54) is 32.2 Å². The van der Waals surface area contributed by atoms with Gasteiger partial charge in [0.15, 0.2) is 0 Å². The van der Waals surface area contributed by atoms with Crippen LogP contribution in [0.15, 0.2) is 0 Å². The average molecular weight is 264 g/mol. The van der Waals surface area contributed by atoms with Gasteiger partial charge < -0.3 is 4.90 Å². The largest absolute Gasteiger partial charge is 0.304 e. The van der Waals surface area contributed by atoms with Crippen molar-refractivity contribution in [1.29, 1.82) is 0 Å². The monoisotopic (exact) mass is 263 g/mol. The van der Waals surface area contributed by atoms with E-state index < -0.39 is 0 Å². The van der Waals surface area contributed by atoms with E-state index in [9.17, 15) is 0 Å². The third-order valence-corrected chi connectivity index (χ3v) is 3.27. The molecule has 0 aliphatic carbocycles. The molecule has 0 spiro atoms. The van der Waals surface area contributed by atoms with Crippen molar-refractivity contribution in [3.63, 3.8) is 0 Å². The smallest absolute Gasteiger partial charge is 0.00663 e. The minimum atomic E-state index is 0.735. The highest BCUT2D eigenvalue weighted by molar-refractivity contribution is 9.09. The van der Waals surface area contributed by atoms with Crippen molar-refractivity contribution in [2.24, 2.45) is 5.92 Å². The van der Waals surface area contributed by atoms with E-state index in [0.717, 1.165) is 17.3 Å². The van der Waals surface area contributed by atoms with Crippen molar-refractivity contribution in [3.05, 3.63) is 0 Å². The van der Waals surface area contributed by atoms with Crippen molar-refractivity contribution in [2.75, 3.05) is 18.9 Å². The molecule has 1 unspecified atom stereocenters. The fraction of sp³-hybridized carbons (Fsp3) is 1.00. The summed E-state index contributed by atoms with van der Waals surface area (Å²) in [5.41, 5.74) is 0. The van der Waals surface area contributed by atoms with Crippen LogP contribution in [0, 0.1) is 5.92 Å². The number of unbranched alkanes of at least 4 members (excludes halogenated alkanes) is 2. The number of rotatable bonds is 8. The maximum atomic E-state index is 3.46. The van der Waals surface area contributed by atoms with Crippen LogP contribution in [0.1, 0.15) is 46.5 Å². The Morgan fingerprint density at radius 3 is 2.21 bits per heavy atom. The first-order valence-electron chi connectivity index (χ1n) is 5.84. The summed E-state index contributed by atoms with van der Waals surface area (Å²) in [7, 11) is 2.25. The molecule has 0 fully saturated rings. The third kappa shape index (κ3) is 7.81. The van der Waals surface area contributed by atoms with Crippen LogP contribution < -0.4 is 0 Å². The molecule has 0 radical (unpaired) electrons. The predicted octanol–water partition coefficient (Wildman–Crippen LogP) is 3.92. The van der Waals surface area contributed by atoms with Crippen molar-refractivity contribution >= 4 is 15.9 Å². The minimum Gasteiger partial charge on any atom is -0.304 e. The molecule has 0 aromatic rings. The van der Waals surface area contributed by atoms with Crippen molar-refractivity contribution in [1.82, 2.24) is 4.90 Å². The van der Waals surface area contributed by atoms with Gasteiger partial charge in [0, 0.05) is 11.4 Å². The Kier molecular flexibility index (Phi) is 9.00. The van der Waals surface area contributed by atoms with E-state index in [-0.39, 0.29) is 0 Å². The second-order valence-corrected chi connectivity index (χ2v) is 5.50. The van der Waals surface area contributed by atoms with Crippen LogP contribution in [-0.2, 0) is 0 Å². The van der Waals surface area contributed by atoms with Crippen LogP contribution >= 0.6 is 15.9 Å². The summed E-state index contributed by atoms with van der Waals surface area (Å²) in [6.45, 7) is 8.19. The molecule has 1 atom stereocenters. The van der Waals surface area contributed by atoms with E-state index in [2.05, 4.69) is 48.6 Å². The molecule has 0 N–H and O–H groups in total. The lowest BCUT2D eigenvalue weighted by molar-refractivity contribution is 0.224. The zero-order chi connectivity index (χ0) is 11.0. The minimum absolute atomic E-state index is 0.735. The molecule has 0 aromatic heterocycles. The molecule has 0 saturated heterocycles. The van der Waals surface area contributed by atoms with E-state index in [1.54, 1.807) is 0 Å². The summed E-state index contributed by atoms with van der Waals surface area (Å²) in [5.74, 6) is 0.815. The van der Waals surface area contributed by atoms with Gasteiger partial charge in [-0.3, -0.25) is 0 Å². The molecular formula is C12H26BrN. The lowest BCUT2D eigenvalue weighted by Gasteiger charge is -2.26. The fourth-order valence-corrected chi connectivity index (χ4v) is 2.11. The van der Waals surface area contributed by atoms with Gasteiger partial charge in [0.1, 0.15) is 0 Å². The SMILES string of the molecule is CC(C)CC(C)N(C)CCCCCBr. The molecule has 86 valence electrons. The van der Waals surface area contributed by atoms with E-state index in [4.69, 9.17) is 0 Å². The average Bonchev–Trinajstić information content (AvgIpc) is 2.11. The van der Waals surface area contributed by atoms with Crippen molar-refractivity contribution in [3.8, 4) is 0 Å². The Bertz CT molecular complexity index is 125. The van der Waals surface area contributed by atoms with Crippen LogP contribution in [0.3, 0.4) is 0 Å². The maximum Gasteiger partial charge on any atom is 0.00663 e. The topological polar surface area (TPSA) is 3.24 Å². The molecule has 0 aromatic carbocycles. The van der Waals surface area contributed by atoms with Crippen LogP contribution in [0.4, 0.5) is 0 Å². The predicted molar refractivity (Wildman–Crippen MR) is 69.2 cm³/mol. The molecule has 0 aliphatic heterocycles. The normalized spacial score (nSPS) is 13.9. The highest BCUT2D eigenvalue weighted by Crippen LogP contribution is 2.10. The lowest BCUT2D eigenvalue weighted by atomic mass is 10.0. The van der Waals surface area contributed by atoms with Gasteiger partial charge in [-0.05, 0) is 45.7 Å². The first-order valence-corrected chi connectivity index (χ1v) is 6.96. The van der Waals surface area contributed by atoms with Crippen LogP contribution in [0.2, 0.25) is 0 Å². The van der Waals surface area contributed by atoms with Crippen LogP contribution in [0.5, 0.6) is 0 Å². The lowest BCUT2D eigenvalue weighted by Crippen LogP contribution is -2.31. The summed E-state index contributed by atoms with van der Waals surface area (Å²) in [4.78, 5) is 2.49. The number of hydrogen-bond donors (Lipinski definition) is 0. The highest BCUT2D eigenvalue weighted by atomic mass is 79.9. The van der Waals surface area contributed by atoms with Gasteiger partial charge in [-0.25, -0.2) is 0 Å². The molecule has 0 aliphatic rings. The van der Waals surface area contributed by atoms with E-state index in [1.807, 2.05) is 0 Å². The fourth-order valence-electron chi connectivity index (χ4n) is 1.72. The number of halogens is 1. The van der Waals surface area contributed by atoms with Crippen molar-refractivity contribution in [2.45, 2.75) is 52.5 Å². The third-order valence-electron chi connectivity index (χ3n) is 2.71. The summed E-state index contributed by atoms with van der Waals surface area (Å²) in [6, 6.07) is 0.735. The first kappa shape index (κ1) is 14.4. The quantitative estimate of drug-likeness (QED) is 0.474. The summed E-state index contributed by atoms with van der Waals surface area (Å²) < 4.78 is 0. The Morgan fingerprint density at radius 1 is 1.07 bits per heavy atom. The first-order chi connectivity index (χ1) is 6.57. The van der Waals surface area contributed by atoms with Gasteiger partial charge in [0.25, 0.3) is 0 Å². The van der Waals surface area contributed by atoms with Gasteiger partial charge >= 0.3 is 0 Å². The Morgan fingerprint density at radius 2 is 1.71 bits per heavy atom. The van der Waals surface area contributed by atoms with Gasteiger partial charge in [-0.2, -0.15) is 0 Å². The summed E-state index contributed by atoms with van der Waals surface area (Å²) >= 11 is 3.46. The van der Waals surface area contributed by atoms with E-state index >= 15 is 0 Å². The van der Waals surface area contributed by atoms with Crippen LogP contribution in [0.25, 0.3) is 0 Å². The summed E-state index contributed by atoms with van der Waals surface area (Å²) in [5, 5.41) is 1.15. The van der Waals surface area contributed by atoms with Gasteiger partial charge in [0.2, 0.25) is 0 Å². The van der Waals surface area contributed by atoms with Gasteiger partial charge in [0.05, 0.1) is 0 Å². The molecule has 2 heteroatoms. The second kappa shape index (κ2) is 8.72. The highest BCUT2D eigenvalue weighted by Gasteiger charge is 2.09. The van der Waals surface area contributed by atoms with Gasteiger partial charge in [-0.1, -0.05) is 36.2 Å². The number of alkyl halides is 1. The standard InChI is InChI=1S/C12H26BrN/c1-11(2)10-12(3)14(4)9-7-5-6-8-13/h11-12H,5-10H2,1-4H3. The molecule has 0 rings (SSSR count). The molecule has 0 saturated carbocycles. The second-order valence-electron chi connectivity index (χ2n) is 4.71. The molecule has 0 amide bonds.